The summed E-state index contributed by atoms with van der Waals surface area (Å²) in [6.07, 6.45) is 2.15. The van der Waals surface area contributed by atoms with Crippen molar-refractivity contribution in [2.45, 2.75) is 20.4 Å². The highest BCUT2D eigenvalue weighted by Crippen LogP contribution is 2.38. The van der Waals surface area contributed by atoms with Crippen molar-refractivity contribution in [3.05, 3.63) is 29.3 Å². The van der Waals surface area contributed by atoms with Gasteiger partial charge in [-0.05, 0) is 31.5 Å². The molecule has 0 bridgehead atoms. The van der Waals surface area contributed by atoms with Crippen molar-refractivity contribution in [3.8, 4) is 17.2 Å². The summed E-state index contributed by atoms with van der Waals surface area (Å²) in [6.45, 7) is 5.77. The molecule has 1 rings (SSSR count). The fraction of sp³-hybridized carbons (Fsp3) is 0.467. The molecule has 0 unspecified atom stereocenters. The predicted molar refractivity (Wildman–Crippen MR) is 77.2 cm³/mol. The number of methoxy groups -OCH3 is 3. The summed E-state index contributed by atoms with van der Waals surface area (Å²) in [5.74, 6) is 1.99. The van der Waals surface area contributed by atoms with Crippen molar-refractivity contribution in [2.75, 3.05) is 27.9 Å². The lowest BCUT2D eigenvalue weighted by molar-refractivity contribution is 0.323. The topological polar surface area (TPSA) is 39.7 Å². The van der Waals surface area contributed by atoms with E-state index in [-0.39, 0.29) is 0 Å². The zero-order valence-electron chi connectivity index (χ0n) is 12.4. The van der Waals surface area contributed by atoms with Crippen molar-refractivity contribution in [3.63, 3.8) is 0 Å². The van der Waals surface area contributed by atoms with Crippen molar-refractivity contribution >= 4 is 0 Å². The number of rotatable bonds is 7. The van der Waals surface area contributed by atoms with Gasteiger partial charge in [-0.15, -0.1) is 0 Å². The number of ether oxygens (including phenoxy) is 3. The van der Waals surface area contributed by atoms with Crippen LogP contribution < -0.4 is 19.5 Å². The van der Waals surface area contributed by atoms with Crippen LogP contribution >= 0.6 is 0 Å². The highest BCUT2D eigenvalue weighted by Gasteiger charge is 2.12. The fourth-order valence-corrected chi connectivity index (χ4v) is 1.73. The second-order valence-corrected chi connectivity index (χ2v) is 4.45. The molecule has 0 amide bonds. The first-order valence-corrected chi connectivity index (χ1v) is 6.25. The Labute approximate surface area is 115 Å². The number of hydrogen-bond donors (Lipinski definition) is 1. The summed E-state index contributed by atoms with van der Waals surface area (Å²) in [5.41, 5.74) is 2.40. The molecule has 0 radical (unpaired) electrons. The zero-order chi connectivity index (χ0) is 14.3. The van der Waals surface area contributed by atoms with Crippen LogP contribution in [0.2, 0.25) is 0 Å². The summed E-state index contributed by atoms with van der Waals surface area (Å²) < 4.78 is 15.9. The van der Waals surface area contributed by atoms with Gasteiger partial charge in [0.15, 0.2) is 11.5 Å². The number of hydrogen-bond acceptors (Lipinski definition) is 4. The maximum absolute atomic E-state index is 5.32. The summed E-state index contributed by atoms with van der Waals surface area (Å²) in [5, 5.41) is 3.34. The third-order valence-electron chi connectivity index (χ3n) is 2.71. The number of benzene rings is 1. The molecule has 0 aliphatic heterocycles. The predicted octanol–water partition coefficient (Wildman–Crippen LogP) is 2.77. The molecular formula is C15H23NO3. The van der Waals surface area contributed by atoms with E-state index in [9.17, 15) is 0 Å². The highest BCUT2D eigenvalue weighted by atomic mass is 16.5. The minimum absolute atomic E-state index is 0.623. The summed E-state index contributed by atoms with van der Waals surface area (Å²) in [7, 11) is 4.85. The molecular weight excluding hydrogens is 242 g/mol. The quantitative estimate of drug-likeness (QED) is 0.608. The van der Waals surface area contributed by atoms with Crippen molar-refractivity contribution in [1.82, 2.24) is 5.32 Å². The molecule has 0 atom stereocenters. The molecule has 0 fully saturated rings. The third-order valence-corrected chi connectivity index (χ3v) is 2.71. The van der Waals surface area contributed by atoms with E-state index in [0.29, 0.717) is 17.2 Å². The lowest BCUT2D eigenvalue weighted by Crippen LogP contribution is -2.13. The normalized spacial score (nSPS) is 9.95. The van der Waals surface area contributed by atoms with Crippen molar-refractivity contribution in [1.29, 1.82) is 0 Å². The zero-order valence-corrected chi connectivity index (χ0v) is 12.4. The van der Waals surface area contributed by atoms with Gasteiger partial charge in [0.2, 0.25) is 5.75 Å². The Balaban J connectivity index is 2.81. The van der Waals surface area contributed by atoms with E-state index >= 15 is 0 Å². The van der Waals surface area contributed by atoms with E-state index in [2.05, 4.69) is 25.2 Å². The Bertz CT molecular complexity index is 412. The van der Waals surface area contributed by atoms with Crippen LogP contribution in [-0.4, -0.2) is 27.9 Å². The van der Waals surface area contributed by atoms with Gasteiger partial charge >= 0.3 is 0 Å². The molecule has 106 valence electrons. The van der Waals surface area contributed by atoms with Gasteiger partial charge in [-0.25, -0.2) is 0 Å². The summed E-state index contributed by atoms with van der Waals surface area (Å²) in [4.78, 5) is 0. The Kier molecular flexibility index (Phi) is 6.22. The second kappa shape index (κ2) is 7.69. The van der Waals surface area contributed by atoms with Gasteiger partial charge in [-0.1, -0.05) is 11.6 Å². The third kappa shape index (κ3) is 4.48. The minimum Gasteiger partial charge on any atom is -0.493 e. The maximum atomic E-state index is 5.32. The Hall–Kier alpha value is -1.68. The largest absolute Gasteiger partial charge is 0.493 e. The summed E-state index contributed by atoms with van der Waals surface area (Å²) >= 11 is 0. The SMILES string of the molecule is COc1cc(CNCC=C(C)C)cc(OC)c1OC. The highest BCUT2D eigenvalue weighted by molar-refractivity contribution is 5.53. The van der Waals surface area contributed by atoms with Crippen LogP contribution in [0, 0.1) is 0 Å². The van der Waals surface area contributed by atoms with Gasteiger partial charge in [0, 0.05) is 13.1 Å². The monoisotopic (exact) mass is 265 g/mol. The van der Waals surface area contributed by atoms with Crippen LogP contribution in [0.15, 0.2) is 23.8 Å². The average Bonchev–Trinajstić information content (AvgIpc) is 2.42. The molecule has 0 aliphatic rings. The Morgan fingerprint density at radius 1 is 1.05 bits per heavy atom. The molecule has 0 aromatic heterocycles. The molecule has 0 aliphatic carbocycles. The van der Waals surface area contributed by atoms with E-state index < -0.39 is 0 Å². The van der Waals surface area contributed by atoms with Crippen LogP contribution in [0.5, 0.6) is 17.2 Å². The number of allylic oxidation sites excluding steroid dienone is 1. The van der Waals surface area contributed by atoms with Crippen LogP contribution in [0.1, 0.15) is 19.4 Å². The van der Waals surface area contributed by atoms with Crippen molar-refractivity contribution < 1.29 is 14.2 Å². The summed E-state index contributed by atoms with van der Waals surface area (Å²) in [6, 6.07) is 3.91. The van der Waals surface area contributed by atoms with Crippen LogP contribution in [0.4, 0.5) is 0 Å². The molecule has 0 saturated heterocycles. The van der Waals surface area contributed by atoms with E-state index in [1.165, 1.54) is 5.57 Å². The minimum atomic E-state index is 0.623. The molecule has 19 heavy (non-hydrogen) atoms. The first-order chi connectivity index (χ1) is 9.12. The lowest BCUT2D eigenvalue weighted by Gasteiger charge is -2.14. The van der Waals surface area contributed by atoms with Gasteiger partial charge in [0.25, 0.3) is 0 Å². The Morgan fingerprint density at radius 3 is 2.05 bits per heavy atom. The molecule has 4 heteroatoms. The van der Waals surface area contributed by atoms with E-state index in [1.54, 1.807) is 21.3 Å². The van der Waals surface area contributed by atoms with Gasteiger partial charge in [0.05, 0.1) is 21.3 Å². The second-order valence-electron chi connectivity index (χ2n) is 4.45. The molecule has 0 heterocycles. The first-order valence-electron chi connectivity index (χ1n) is 6.25. The van der Waals surface area contributed by atoms with Gasteiger partial charge in [0.1, 0.15) is 0 Å². The molecule has 0 spiro atoms. The fourth-order valence-electron chi connectivity index (χ4n) is 1.73. The van der Waals surface area contributed by atoms with E-state index in [0.717, 1.165) is 18.7 Å². The van der Waals surface area contributed by atoms with E-state index in [4.69, 9.17) is 14.2 Å². The lowest BCUT2D eigenvalue weighted by atomic mass is 10.1. The first kappa shape index (κ1) is 15.4. The van der Waals surface area contributed by atoms with Crippen LogP contribution in [-0.2, 0) is 6.54 Å². The van der Waals surface area contributed by atoms with Gasteiger partial charge < -0.3 is 19.5 Å². The smallest absolute Gasteiger partial charge is 0.203 e. The Morgan fingerprint density at radius 2 is 1.63 bits per heavy atom. The van der Waals surface area contributed by atoms with Crippen molar-refractivity contribution in [2.24, 2.45) is 0 Å². The van der Waals surface area contributed by atoms with Crippen LogP contribution in [0.25, 0.3) is 0 Å². The van der Waals surface area contributed by atoms with Gasteiger partial charge in [-0.3, -0.25) is 0 Å². The standard InChI is InChI=1S/C15H23NO3/c1-11(2)6-7-16-10-12-8-13(17-3)15(19-5)14(9-12)18-4/h6,8-9,16H,7,10H2,1-5H3. The molecule has 1 aromatic rings. The molecule has 1 N–H and O–H groups in total. The molecule has 0 saturated carbocycles. The average molecular weight is 265 g/mol. The molecule has 4 nitrogen and oxygen atoms in total. The van der Waals surface area contributed by atoms with E-state index in [1.807, 2.05) is 12.1 Å². The number of nitrogens with one attached hydrogen (secondary N) is 1. The molecule has 1 aromatic carbocycles. The van der Waals surface area contributed by atoms with Crippen LogP contribution in [0.3, 0.4) is 0 Å². The maximum Gasteiger partial charge on any atom is 0.203 e. The van der Waals surface area contributed by atoms with Gasteiger partial charge in [-0.2, -0.15) is 0 Å².